The van der Waals surface area contributed by atoms with E-state index < -0.39 is 21.1 Å². The van der Waals surface area contributed by atoms with Crippen LogP contribution < -0.4 is 10.4 Å². The van der Waals surface area contributed by atoms with Crippen molar-refractivity contribution in [1.82, 2.24) is 5.32 Å². The van der Waals surface area contributed by atoms with Gasteiger partial charge in [0.25, 0.3) is 11.8 Å². The molecule has 0 saturated carbocycles. The van der Waals surface area contributed by atoms with Crippen molar-refractivity contribution < 1.29 is 9.59 Å². The zero-order chi connectivity index (χ0) is 17.2. The van der Waals surface area contributed by atoms with Crippen LogP contribution in [0.3, 0.4) is 0 Å². The van der Waals surface area contributed by atoms with Crippen molar-refractivity contribution in [3.63, 3.8) is 0 Å². The summed E-state index contributed by atoms with van der Waals surface area (Å²) in [6.07, 6.45) is 0. The minimum Gasteiger partial charge on any atom is -0.758 e. The molecule has 0 aromatic heterocycles. The Balaban J connectivity index is 1.89. The Bertz CT molecular complexity index is 893. The summed E-state index contributed by atoms with van der Waals surface area (Å²) in [6, 6.07) is 10.2. The van der Waals surface area contributed by atoms with Crippen molar-refractivity contribution in [2.24, 2.45) is 0 Å². The number of hydrogen-bond donors (Lipinski definition) is 1. The molecule has 0 radical (unpaired) electrons. The van der Waals surface area contributed by atoms with Crippen molar-refractivity contribution in [1.29, 1.82) is 0 Å². The van der Waals surface area contributed by atoms with Gasteiger partial charge in [0.05, 0.1) is 17.2 Å². The van der Waals surface area contributed by atoms with Gasteiger partial charge >= 0.3 is 0 Å². The minimum atomic E-state index is -0.854. The number of fused-ring (bicyclic) bond motifs is 2. The van der Waals surface area contributed by atoms with Gasteiger partial charge in [-0.25, -0.2) is 0 Å². The van der Waals surface area contributed by atoms with Gasteiger partial charge in [0.1, 0.15) is 3.23 Å². The van der Waals surface area contributed by atoms with E-state index in [1.54, 1.807) is 6.07 Å². The molecule has 24 heavy (non-hydrogen) atoms. The quantitative estimate of drug-likeness (QED) is 0.528. The summed E-state index contributed by atoms with van der Waals surface area (Å²) in [4.78, 5) is 23.8. The van der Waals surface area contributed by atoms with Crippen LogP contribution in [0.5, 0.6) is 0 Å². The number of carbonyl (C=O) groups is 2. The molecule has 2 aromatic carbocycles. The number of amides is 2. The van der Waals surface area contributed by atoms with Gasteiger partial charge in [0, 0.05) is 11.3 Å². The molecule has 0 bridgehead atoms. The van der Waals surface area contributed by atoms with Crippen LogP contribution in [-0.4, -0.2) is 11.8 Å². The van der Waals surface area contributed by atoms with E-state index in [4.69, 9.17) is 0 Å². The third-order valence-corrected chi connectivity index (χ3v) is 6.14. The van der Waals surface area contributed by atoms with E-state index >= 15 is 0 Å². The standard InChI is InChI=1S/C17H11Br2N2O3/c1-8-2-4-9(5-3-8)14-17(18,19)12-6-10-11(7-13(12)21(14)24)16(23)20-15(10)22/h2-7,14H,1H3,(H,20,22,23)/q-1. The van der Waals surface area contributed by atoms with Crippen LogP contribution in [-0.2, 0) is 3.23 Å². The average Bonchev–Trinajstić information content (AvgIpc) is 2.92. The Morgan fingerprint density at radius 1 is 1.08 bits per heavy atom. The highest BCUT2D eigenvalue weighted by Gasteiger charge is 2.47. The van der Waals surface area contributed by atoms with E-state index in [0.717, 1.165) is 16.2 Å². The van der Waals surface area contributed by atoms with Gasteiger partial charge in [-0.1, -0.05) is 61.7 Å². The first kappa shape index (κ1) is 15.8. The second-order valence-electron chi connectivity index (χ2n) is 5.96. The minimum absolute atomic E-state index is 0.236. The number of aryl methyl sites for hydroxylation is 1. The number of alkyl halides is 2. The molecule has 0 aliphatic carbocycles. The molecule has 122 valence electrons. The van der Waals surface area contributed by atoms with Crippen molar-refractivity contribution in [3.05, 3.63) is 69.4 Å². The molecular formula is C17H11Br2N2O3-. The normalized spacial score (nSPS) is 20.8. The third-order valence-electron chi connectivity index (χ3n) is 4.42. The molecule has 1 atom stereocenters. The van der Waals surface area contributed by atoms with Gasteiger partial charge in [-0.05, 0) is 24.6 Å². The van der Waals surface area contributed by atoms with Crippen LogP contribution >= 0.6 is 31.9 Å². The maximum atomic E-state index is 12.9. The van der Waals surface area contributed by atoms with Crippen molar-refractivity contribution in [2.45, 2.75) is 16.2 Å². The van der Waals surface area contributed by atoms with E-state index in [2.05, 4.69) is 37.2 Å². The Morgan fingerprint density at radius 3 is 2.29 bits per heavy atom. The fourth-order valence-corrected chi connectivity index (χ4v) is 4.71. The number of hydroxylamine groups is 1. The molecule has 1 N–H and O–H groups in total. The first-order valence-electron chi connectivity index (χ1n) is 7.25. The highest BCUT2D eigenvalue weighted by molar-refractivity contribution is 9.24. The predicted molar refractivity (Wildman–Crippen MR) is 97.5 cm³/mol. The van der Waals surface area contributed by atoms with Crippen LogP contribution in [0.2, 0.25) is 0 Å². The lowest BCUT2D eigenvalue weighted by Crippen LogP contribution is -2.26. The number of hydrogen-bond acceptors (Lipinski definition) is 4. The van der Waals surface area contributed by atoms with Crippen LogP contribution in [0.4, 0.5) is 5.69 Å². The Hall–Kier alpha value is -1.70. The molecule has 0 fully saturated rings. The van der Waals surface area contributed by atoms with Crippen LogP contribution in [0.1, 0.15) is 43.4 Å². The number of rotatable bonds is 1. The number of nitrogens with zero attached hydrogens (tertiary/aromatic N) is 1. The molecule has 7 heteroatoms. The lowest BCUT2D eigenvalue weighted by atomic mass is 9.99. The summed E-state index contributed by atoms with van der Waals surface area (Å²) < 4.78 is -0.854. The Morgan fingerprint density at radius 2 is 1.67 bits per heavy atom. The molecule has 4 rings (SSSR count). The van der Waals surface area contributed by atoms with Crippen LogP contribution in [0.15, 0.2) is 36.4 Å². The van der Waals surface area contributed by atoms with E-state index in [9.17, 15) is 14.8 Å². The second kappa shape index (κ2) is 5.15. The van der Waals surface area contributed by atoms with Crippen LogP contribution in [0.25, 0.3) is 0 Å². The Kier molecular flexibility index (Phi) is 3.39. The second-order valence-corrected chi connectivity index (χ2v) is 9.53. The number of halogens is 2. The summed E-state index contributed by atoms with van der Waals surface area (Å²) in [5.41, 5.74) is 3.46. The van der Waals surface area contributed by atoms with Gasteiger partial charge < -0.3 is 10.3 Å². The highest BCUT2D eigenvalue weighted by atomic mass is 79.9. The van der Waals surface area contributed by atoms with Gasteiger partial charge in [-0.15, -0.1) is 0 Å². The first-order valence-corrected chi connectivity index (χ1v) is 8.84. The summed E-state index contributed by atoms with van der Waals surface area (Å²) >= 11 is 7.21. The maximum Gasteiger partial charge on any atom is 0.259 e. The van der Waals surface area contributed by atoms with Gasteiger partial charge in [-0.2, -0.15) is 0 Å². The van der Waals surface area contributed by atoms with Crippen molar-refractivity contribution in [2.75, 3.05) is 5.06 Å². The molecule has 0 spiro atoms. The largest absolute Gasteiger partial charge is 0.758 e. The van der Waals surface area contributed by atoms with E-state index in [0.29, 0.717) is 16.8 Å². The zero-order valence-electron chi connectivity index (χ0n) is 12.5. The van der Waals surface area contributed by atoms with Crippen molar-refractivity contribution >= 4 is 49.4 Å². The molecule has 5 nitrogen and oxygen atoms in total. The summed E-state index contributed by atoms with van der Waals surface area (Å²) in [6.45, 7) is 1.98. The lowest BCUT2D eigenvalue weighted by Gasteiger charge is -2.37. The zero-order valence-corrected chi connectivity index (χ0v) is 15.6. The fourth-order valence-electron chi connectivity index (χ4n) is 3.18. The van der Waals surface area contributed by atoms with E-state index in [1.807, 2.05) is 31.2 Å². The Labute approximate surface area is 154 Å². The molecule has 0 saturated heterocycles. The highest BCUT2D eigenvalue weighted by Crippen LogP contribution is 2.60. The van der Waals surface area contributed by atoms with Crippen molar-refractivity contribution in [3.8, 4) is 0 Å². The fraction of sp³-hybridized carbons (Fsp3) is 0.176. The summed E-state index contributed by atoms with van der Waals surface area (Å²) in [5.74, 6) is -0.912. The van der Waals surface area contributed by atoms with Gasteiger partial charge in [-0.3, -0.25) is 14.9 Å². The number of nitrogens with one attached hydrogen (secondary N) is 1. The molecular weight excluding hydrogens is 440 g/mol. The summed E-state index contributed by atoms with van der Waals surface area (Å²) in [7, 11) is 0. The first-order chi connectivity index (χ1) is 11.3. The number of imide groups is 1. The molecule has 2 aliphatic rings. The smallest absolute Gasteiger partial charge is 0.259 e. The predicted octanol–water partition coefficient (Wildman–Crippen LogP) is 3.88. The maximum absolute atomic E-state index is 12.9. The average molecular weight is 451 g/mol. The molecule has 2 amide bonds. The van der Waals surface area contributed by atoms with E-state index in [-0.39, 0.29) is 5.56 Å². The van der Waals surface area contributed by atoms with Gasteiger partial charge in [0.2, 0.25) is 0 Å². The van der Waals surface area contributed by atoms with Gasteiger partial charge in [0.15, 0.2) is 0 Å². The monoisotopic (exact) mass is 449 g/mol. The molecule has 2 heterocycles. The topological polar surface area (TPSA) is 72.5 Å². The van der Waals surface area contributed by atoms with E-state index in [1.165, 1.54) is 6.07 Å². The number of anilines is 1. The van der Waals surface area contributed by atoms with Crippen LogP contribution in [0, 0.1) is 12.1 Å². The summed E-state index contributed by atoms with van der Waals surface area (Å²) in [5, 5.41) is 16.0. The third kappa shape index (κ3) is 2.08. The SMILES string of the molecule is Cc1ccc(C2N([O-])c3cc4c(cc3C2(Br)Br)C(=O)NC4=O)cc1. The lowest BCUT2D eigenvalue weighted by molar-refractivity contribution is 0.0879. The number of benzene rings is 2. The number of carbonyl (C=O) groups excluding carboxylic acids is 2. The molecule has 2 aromatic rings. The molecule has 1 unspecified atom stereocenters. The molecule has 2 aliphatic heterocycles.